The smallest absolute Gasteiger partial charge is 0.0239 e. The number of fused-ring (bicyclic) bond motifs is 2. The van der Waals surface area contributed by atoms with Crippen molar-refractivity contribution in [2.75, 3.05) is 13.1 Å². The lowest BCUT2D eigenvalue weighted by molar-refractivity contribution is 0.256. The highest BCUT2D eigenvalue weighted by Crippen LogP contribution is 2.33. The van der Waals surface area contributed by atoms with Gasteiger partial charge in [0.15, 0.2) is 0 Å². The zero-order chi connectivity index (χ0) is 10.1. The fraction of sp³-hybridized carbons (Fsp3) is 0.429. The fourth-order valence-corrected chi connectivity index (χ4v) is 2.85. The Balaban J connectivity index is 1.90. The predicted molar refractivity (Wildman–Crippen MR) is 63.7 cm³/mol. The minimum Gasteiger partial charge on any atom is -0.296 e. The summed E-state index contributed by atoms with van der Waals surface area (Å²) in [4.78, 5) is 2.64. The van der Waals surface area contributed by atoms with Gasteiger partial charge in [-0.2, -0.15) is 0 Å². The minimum absolute atomic E-state index is 0.824. The van der Waals surface area contributed by atoms with Crippen molar-refractivity contribution < 1.29 is 0 Å². The van der Waals surface area contributed by atoms with Crippen LogP contribution >= 0.6 is 0 Å². The van der Waals surface area contributed by atoms with E-state index in [4.69, 9.17) is 0 Å². The number of nitrogens with zero attached hydrogens (tertiary/aromatic N) is 1. The van der Waals surface area contributed by atoms with Crippen LogP contribution in [0.5, 0.6) is 0 Å². The van der Waals surface area contributed by atoms with Gasteiger partial charge in [-0.1, -0.05) is 36.5 Å². The van der Waals surface area contributed by atoms with Crippen LogP contribution in [0.4, 0.5) is 0 Å². The van der Waals surface area contributed by atoms with Crippen LogP contribution in [0.1, 0.15) is 19.3 Å². The second-order valence-corrected chi connectivity index (χ2v) is 4.62. The summed E-state index contributed by atoms with van der Waals surface area (Å²) in [5, 5.41) is 0. The Bertz CT molecular complexity index is 335. The molecule has 1 atom stereocenters. The molecule has 0 bridgehead atoms. The average Bonchev–Trinajstić information content (AvgIpc) is 2.64. The van der Waals surface area contributed by atoms with Crippen LogP contribution in [-0.4, -0.2) is 24.0 Å². The van der Waals surface area contributed by atoms with E-state index in [2.05, 4.69) is 41.4 Å². The van der Waals surface area contributed by atoms with Crippen LogP contribution < -0.4 is 0 Å². The first-order valence-corrected chi connectivity index (χ1v) is 5.91. The third-order valence-corrected chi connectivity index (χ3v) is 3.67. The number of allylic oxidation sites excluding steroid dienone is 6. The van der Waals surface area contributed by atoms with Gasteiger partial charge in [0, 0.05) is 12.6 Å². The van der Waals surface area contributed by atoms with E-state index < -0.39 is 0 Å². The molecule has 0 aromatic carbocycles. The van der Waals surface area contributed by atoms with Crippen molar-refractivity contribution in [3.63, 3.8) is 0 Å². The molecule has 2 aliphatic heterocycles. The van der Waals surface area contributed by atoms with E-state index in [1.54, 1.807) is 5.57 Å². The normalized spacial score (nSPS) is 41.2. The van der Waals surface area contributed by atoms with Crippen molar-refractivity contribution in [3.05, 3.63) is 47.6 Å². The van der Waals surface area contributed by atoms with E-state index in [1.807, 2.05) is 0 Å². The van der Waals surface area contributed by atoms with Gasteiger partial charge in [0.2, 0.25) is 0 Å². The number of piperidine rings is 1. The van der Waals surface area contributed by atoms with Crippen molar-refractivity contribution in [2.24, 2.45) is 0 Å². The molecule has 0 aromatic rings. The molecule has 1 nitrogen and oxygen atoms in total. The van der Waals surface area contributed by atoms with E-state index in [-0.39, 0.29) is 0 Å². The van der Waals surface area contributed by atoms with Gasteiger partial charge in [0.1, 0.15) is 0 Å². The minimum atomic E-state index is 0.824. The van der Waals surface area contributed by atoms with Gasteiger partial charge in [-0.15, -0.1) is 0 Å². The Hall–Kier alpha value is -1.08. The highest BCUT2D eigenvalue weighted by Gasteiger charge is 2.30. The maximum absolute atomic E-state index is 2.64. The molecule has 0 spiro atoms. The summed E-state index contributed by atoms with van der Waals surface area (Å²) in [6.07, 6.45) is 17.2. The first kappa shape index (κ1) is 9.17. The van der Waals surface area contributed by atoms with Crippen LogP contribution in [0, 0.1) is 0 Å². The Kier molecular flexibility index (Phi) is 2.34. The van der Waals surface area contributed by atoms with Crippen molar-refractivity contribution in [3.8, 4) is 0 Å². The molecule has 1 aliphatic carbocycles. The molecule has 2 fully saturated rings. The zero-order valence-corrected chi connectivity index (χ0v) is 9.02. The van der Waals surface area contributed by atoms with E-state index in [9.17, 15) is 0 Å². The average molecular weight is 199 g/mol. The standard InChI is InChI=1S/C14H17N/c1-2-4-7-13-11-15-9-5-8-14(15)10-12(13)6-3-1/h1-4,6-7,14H,5,8-11H2/b2-1?,3-1-,4-2-,6-3?,7-4?,12-6-,13-7-. The molecular formula is C14H17N. The summed E-state index contributed by atoms with van der Waals surface area (Å²) in [5.74, 6) is 0. The van der Waals surface area contributed by atoms with Crippen molar-refractivity contribution >= 4 is 0 Å². The molecule has 78 valence electrons. The third-order valence-electron chi connectivity index (χ3n) is 3.67. The van der Waals surface area contributed by atoms with Crippen LogP contribution in [0.25, 0.3) is 0 Å². The highest BCUT2D eigenvalue weighted by atomic mass is 15.2. The summed E-state index contributed by atoms with van der Waals surface area (Å²) < 4.78 is 0. The van der Waals surface area contributed by atoms with Gasteiger partial charge in [-0.05, 0) is 37.0 Å². The van der Waals surface area contributed by atoms with Gasteiger partial charge in [-0.3, -0.25) is 4.90 Å². The van der Waals surface area contributed by atoms with E-state index in [0.717, 1.165) is 12.6 Å². The van der Waals surface area contributed by atoms with Crippen molar-refractivity contribution in [1.82, 2.24) is 4.90 Å². The van der Waals surface area contributed by atoms with Gasteiger partial charge < -0.3 is 0 Å². The number of rotatable bonds is 0. The Morgan fingerprint density at radius 3 is 2.67 bits per heavy atom. The summed E-state index contributed by atoms with van der Waals surface area (Å²) in [6.45, 7) is 2.46. The molecule has 3 rings (SSSR count). The first-order chi connectivity index (χ1) is 7.43. The largest absolute Gasteiger partial charge is 0.296 e. The SMILES string of the molecule is C1=C\C=C2\CC3CCCN3C\C2=C\C=C/1. The van der Waals surface area contributed by atoms with Crippen LogP contribution in [0.15, 0.2) is 47.6 Å². The number of hydrogen-bond acceptors (Lipinski definition) is 1. The lowest BCUT2D eigenvalue weighted by atomic mass is 9.91. The Labute approximate surface area is 91.5 Å². The molecule has 0 saturated carbocycles. The molecule has 15 heavy (non-hydrogen) atoms. The monoisotopic (exact) mass is 199 g/mol. The highest BCUT2D eigenvalue weighted by molar-refractivity contribution is 5.42. The quantitative estimate of drug-likeness (QED) is 0.580. The topological polar surface area (TPSA) is 3.24 Å². The Morgan fingerprint density at radius 2 is 1.80 bits per heavy atom. The van der Waals surface area contributed by atoms with E-state index >= 15 is 0 Å². The van der Waals surface area contributed by atoms with E-state index in [0.29, 0.717) is 0 Å². The predicted octanol–water partition coefficient (Wildman–Crippen LogP) is 2.83. The summed E-state index contributed by atoms with van der Waals surface area (Å²) >= 11 is 0. The first-order valence-electron chi connectivity index (χ1n) is 5.91. The zero-order valence-electron chi connectivity index (χ0n) is 9.02. The summed E-state index contributed by atoms with van der Waals surface area (Å²) in [7, 11) is 0. The summed E-state index contributed by atoms with van der Waals surface area (Å²) in [6, 6.07) is 0.824. The second-order valence-electron chi connectivity index (χ2n) is 4.62. The van der Waals surface area contributed by atoms with Crippen molar-refractivity contribution in [1.29, 1.82) is 0 Å². The molecule has 0 aromatic heterocycles. The molecule has 2 heterocycles. The van der Waals surface area contributed by atoms with Crippen LogP contribution in [-0.2, 0) is 0 Å². The molecule has 0 radical (unpaired) electrons. The molecule has 0 amide bonds. The molecule has 0 N–H and O–H groups in total. The second kappa shape index (κ2) is 3.82. The summed E-state index contributed by atoms with van der Waals surface area (Å²) in [5.41, 5.74) is 3.08. The lowest BCUT2D eigenvalue weighted by Gasteiger charge is -2.33. The van der Waals surface area contributed by atoms with Crippen molar-refractivity contribution in [2.45, 2.75) is 25.3 Å². The number of hydrogen-bond donors (Lipinski definition) is 0. The maximum atomic E-state index is 2.64. The third kappa shape index (κ3) is 1.72. The van der Waals surface area contributed by atoms with Gasteiger partial charge in [0.25, 0.3) is 0 Å². The van der Waals surface area contributed by atoms with Crippen LogP contribution in [0.3, 0.4) is 0 Å². The van der Waals surface area contributed by atoms with Gasteiger partial charge >= 0.3 is 0 Å². The maximum Gasteiger partial charge on any atom is 0.0239 e. The van der Waals surface area contributed by atoms with E-state index in [1.165, 1.54) is 31.4 Å². The Morgan fingerprint density at radius 1 is 1.00 bits per heavy atom. The molecule has 3 aliphatic rings. The fourth-order valence-electron chi connectivity index (χ4n) is 2.85. The molecular weight excluding hydrogens is 182 g/mol. The van der Waals surface area contributed by atoms with Crippen LogP contribution in [0.2, 0.25) is 0 Å². The molecule has 1 heteroatoms. The molecule has 2 saturated heterocycles. The lowest BCUT2D eigenvalue weighted by Crippen LogP contribution is -2.36. The van der Waals surface area contributed by atoms with Gasteiger partial charge in [-0.25, -0.2) is 0 Å². The van der Waals surface area contributed by atoms with Gasteiger partial charge in [0.05, 0.1) is 0 Å². The molecule has 1 unspecified atom stereocenters.